The predicted octanol–water partition coefficient (Wildman–Crippen LogP) is 1.48. The number of rotatable bonds is 2. The quantitative estimate of drug-likeness (QED) is 0.848. The van der Waals surface area contributed by atoms with E-state index in [1.165, 1.54) is 17.2 Å². The zero-order valence-electron chi connectivity index (χ0n) is 9.20. The number of aromatic carboxylic acids is 1. The smallest absolute Gasteiger partial charge is 0.374 e. The summed E-state index contributed by atoms with van der Waals surface area (Å²) in [5, 5.41) is 16.3. The lowest BCUT2D eigenvalue weighted by molar-refractivity contribution is 0.0682. The largest absolute Gasteiger partial charge is 0.475 e. The van der Waals surface area contributed by atoms with Gasteiger partial charge >= 0.3 is 5.97 Å². The molecule has 0 aromatic carbocycles. The molecule has 6 nitrogen and oxygen atoms in total. The molecule has 1 aliphatic carbocycles. The molecule has 2 aromatic heterocycles. The molecule has 0 amide bonds. The molecule has 0 unspecified atom stereocenters. The van der Waals surface area contributed by atoms with E-state index in [-0.39, 0.29) is 5.82 Å². The van der Waals surface area contributed by atoms with Crippen LogP contribution in [0, 0.1) is 0 Å². The summed E-state index contributed by atoms with van der Waals surface area (Å²) in [6.45, 7) is 0. The number of carboxylic acid groups (broad SMARTS) is 1. The fraction of sp³-hybridized carbons (Fsp3) is 0.455. The summed E-state index contributed by atoms with van der Waals surface area (Å²) in [5.41, 5.74) is 0.999. The number of carbonyl (C=O) groups is 1. The molecular formula is C11H12N4O2. The zero-order chi connectivity index (χ0) is 11.8. The molecule has 2 aromatic rings. The second-order valence-electron chi connectivity index (χ2n) is 4.33. The Morgan fingerprint density at radius 3 is 2.82 bits per heavy atom. The first-order chi connectivity index (χ1) is 8.25. The van der Waals surface area contributed by atoms with Crippen LogP contribution < -0.4 is 0 Å². The maximum absolute atomic E-state index is 10.9. The Kier molecular flexibility index (Phi) is 2.28. The van der Waals surface area contributed by atoms with Gasteiger partial charge in [-0.3, -0.25) is 4.40 Å². The van der Waals surface area contributed by atoms with Gasteiger partial charge in [0.05, 0.1) is 0 Å². The second kappa shape index (κ2) is 3.80. The molecule has 3 rings (SSSR count). The van der Waals surface area contributed by atoms with Crippen molar-refractivity contribution in [2.75, 3.05) is 0 Å². The predicted molar refractivity (Wildman–Crippen MR) is 59.0 cm³/mol. The van der Waals surface area contributed by atoms with Crippen molar-refractivity contribution in [1.82, 2.24) is 19.6 Å². The average molecular weight is 232 g/mol. The Hall–Kier alpha value is -1.98. The van der Waals surface area contributed by atoms with E-state index in [1.807, 2.05) is 6.07 Å². The Morgan fingerprint density at radius 1 is 1.35 bits per heavy atom. The molecule has 17 heavy (non-hydrogen) atoms. The minimum atomic E-state index is -1.09. The molecule has 6 heteroatoms. The highest BCUT2D eigenvalue weighted by atomic mass is 16.4. The Morgan fingerprint density at radius 2 is 2.12 bits per heavy atom. The average Bonchev–Trinajstić information content (AvgIpc) is 2.97. The van der Waals surface area contributed by atoms with E-state index in [4.69, 9.17) is 5.11 Å². The molecule has 1 aliphatic rings. The standard InChI is InChI=1S/C11H12N4O2/c16-10(17)9-13-14-11-12-8(5-6-15(9)11)7-3-1-2-4-7/h5-7H,1-4H2,(H,16,17). The molecule has 1 saturated carbocycles. The number of carboxylic acids is 1. The maximum atomic E-state index is 10.9. The SMILES string of the molecule is O=C(O)c1nnc2nc(C3CCCC3)ccn12. The van der Waals surface area contributed by atoms with Gasteiger partial charge in [0.2, 0.25) is 5.82 Å². The molecule has 0 aliphatic heterocycles. The van der Waals surface area contributed by atoms with Crippen LogP contribution >= 0.6 is 0 Å². The normalized spacial score (nSPS) is 16.7. The monoisotopic (exact) mass is 232 g/mol. The van der Waals surface area contributed by atoms with Gasteiger partial charge in [0.15, 0.2) is 0 Å². The van der Waals surface area contributed by atoms with Gasteiger partial charge in [-0.2, -0.15) is 0 Å². The Bertz CT molecular complexity index is 572. The third-order valence-corrected chi connectivity index (χ3v) is 3.27. The Balaban J connectivity index is 2.05. The van der Waals surface area contributed by atoms with Crippen molar-refractivity contribution >= 4 is 11.7 Å². The van der Waals surface area contributed by atoms with Crippen LogP contribution in [0.1, 0.15) is 47.9 Å². The minimum Gasteiger partial charge on any atom is -0.475 e. The first-order valence-electron chi connectivity index (χ1n) is 5.70. The fourth-order valence-corrected chi connectivity index (χ4v) is 2.40. The molecule has 1 N–H and O–H groups in total. The van der Waals surface area contributed by atoms with Gasteiger partial charge in [-0.1, -0.05) is 12.8 Å². The highest BCUT2D eigenvalue weighted by Crippen LogP contribution is 2.32. The van der Waals surface area contributed by atoms with Gasteiger partial charge in [0, 0.05) is 17.8 Å². The molecule has 0 radical (unpaired) electrons. The maximum Gasteiger partial charge on any atom is 0.374 e. The van der Waals surface area contributed by atoms with Crippen LogP contribution in [0.15, 0.2) is 12.3 Å². The van der Waals surface area contributed by atoms with Crippen molar-refractivity contribution in [2.24, 2.45) is 0 Å². The Labute approximate surface area is 97.3 Å². The van der Waals surface area contributed by atoms with E-state index in [2.05, 4.69) is 15.2 Å². The number of hydrogen-bond donors (Lipinski definition) is 1. The lowest BCUT2D eigenvalue weighted by atomic mass is 10.0. The van der Waals surface area contributed by atoms with Crippen LogP contribution in [0.3, 0.4) is 0 Å². The molecule has 0 bridgehead atoms. The van der Waals surface area contributed by atoms with Gasteiger partial charge in [-0.05, 0) is 18.9 Å². The number of nitrogens with zero attached hydrogens (tertiary/aromatic N) is 4. The van der Waals surface area contributed by atoms with Crippen molar-refractivity contribution in [1.29, 1.82) is 0 Å². The molecule has 0 saturated heterocycles. The van der Waals surface area contributed by atoms with Gasteiger partial charge in [-0.25, -0.2) is 9.78 Å². The van der Waals surface area contributed by atoms with E-state index in [0.717, 1.165) is 18.5 Å². The highest BCUT2D eigenvalue weighted by Gasteiger charge is 2.20. The third kappa shape index (κ3) is 1.65. The summed E-state index contributed by atoms with van der Waals surface area (Å²) < 4.78 is 1.40. The van der Waals surface area contributed by atoms with Gasteiger partial charge in [-0.15, -0.1) is 10.2 Å². The lowest BCUT2D eigenvalue weighted by Crippen LogP contribution is -2.05. The van der Waals surface area contributed by atoms with Crippen LogP contribution in [0.2, 0.25) is 0 Å². The summed E-state index contributed by atoms with van der Waals surface area (Å²) in [6, 6.07) is 1.87. The summed E-state index contributed by atoms with van der Waals surface area (Å²) in [7, 11) is 0. The molecule has 2 heterocycles. The second-order valence-corrected chi connectivity index (χ2v) is 4.33. The third-order valence-electron chi connectivity index (χ3n) is 3.27. The van der Waals surface area contributed by atoms with Crippen LogP contribution in [-0.4, -0.2) is 30.7 Å². The van der Waals surface area contributed by atoms with Crippen LogP contribution in [0.4, 0.5) is 0 Å². The van der Waals surface area contributed by atoms with Crippen LogP contribution in [0.5, 0.6) is 0 Å². The lowest BCUT2D eigenvalue weighted by Gasteiger charge is -2.07. The highest BCUT2D eigenvalue weighted by molar-refractivity contribution is 5.84. The first kappa shape index (κ1) is 10.2. The van der Waals surface area contributed by atoms with Crippen molar-refractivity contribution in [3.05, 3.63) is 23.8 Å². The van der Waals surface area contributed by atoms with Crippen LogP contribution in [-0.2, 0) is 0 Å². The molecule has 0 spiro atoms. The summed E-state index contributed by atoms with van der Waals surface area (Å²) >= 11 is 0. The summed E-state index contributed by atoms with van der Waals surface area (Å²) in [6.07, 6.45) is 6.49. The van der Waals surface area contributed by atoms with Crippen LogP contribution in [0.25, 0.3) is 5.78 Å². The number of aromatic nitrogens is 4. The fourth-order valence-electron chi connectivity index (χ4n) is 2.40. The summed E-state index contributed by atoms with van der Waals surface area (Å²) in [4.78, 5) is 15.3. The van der Waals surface area contributed by atoms with E-state index in [9.17, 15) is 4.79 Å². The van der Waals surface area contributed by atoms with Gasteiger partial charge in [0.1, 0.15) is 0 Å². The minimum absolute atomic E-state index is 0.0922. The van der Waals surface area contributed by atoms with E-state index >= 15 is 0 Å². The molecule has 1 fully saturated rings. The van der Waals surface area contributed by atoms with E-state index in [1.54, 1.807) is 6.20 Å². The van der Waals surface area contributed by atoms with E-state index in [0.29, 0.717) is 11.7 Å². The molecule has 88 valence electrons. The van der Waals surface area contributed by atoms with Gasteiger partial charge < -0.3 is 5.11 Å². The molecular weight excluding hydrogens is 220 g/mol. The first-order valence-corrected chi connectivity index (χ1v) is 5.70. The topological polar surface area (TPSA) is 80.4 Å². The van der Waals surface area contributed by atoms with Crippen molar-refractivity contribution in [3.63, 3.8) is 0 Å². The van der Waals surface area contributed by atoms with Crippen molar-refractivity contribution in [3.8, 4) is 0 Å². The van der Waals surface area contributed by atoms with Crippen molar-refractivity contribution < 1.29 is 9.90 Å². The number of hydrogen-bond acceptors (Lipinski definition) is 4. The van der Waals surface area contributed by atoms with Gasteiger partial charge in [0.25, 0.3) is 5.78 Å². The number of fused-ring (bicyclic) bond motifs is 1. The molecule has 0 atom stereocenters. The summed E-state index contributed by atoms with van der Waals surface area (Å²) in [5.74, 6) is -0.324. The van der Waals surface area contributed by atoms with Crippen molar-refractivity contribution in [2.45, 2.75) is 31.6 Å². The van der Waals surface area contributed by atoms with E-state index < -0.39 is 5.97 Å². The zero-order valence-corrected chi connectivity index (χ0v) is 9.20.